The van der Waals surface area contributed by atoms with E-state index in [0.29, 0.717) is 18.6 Å². The van der Waals surface area contributed by atoms with Crippen LogP contribution in [0.4, 0.5) is 13.2 Å². The molecule has 5 rings (SSSR count). The summed E-state index contributed by atoms with van der Waals surface area (Å²) in [4.78, 5) is 40.1. The van der Waals surface area contributed by atoms with Crippen molar-refractivity contribution in [3.05, 3.63) is 62.8 Å². The van der Waals surface area contributed by atoms with E-state index < -0.39 is 63.8 Å². The van der Waals surface area contributed by atoms with Gasteiger partial charge in [0.05, 0.1) is 18.7 Å². The van der Waals surface area contributed by atoms with Crippen LogP contribution in [0.2, 0.25) is 0 Å². The van der Waals surface area contributed by atoms with Crippen molar-refractivity contribution >= 4 is 11.8 Å². The minimum Gasteiger partial charge on any atom is -0.503 e. The van der Waals surface area contributed by atoms with Crippen molar-refractivity contribution in [2.24, 2.45) is 0 Å². The van der Waals surface area contributed by atoms with E-state index in [1.807, 2.05) is 0 Å². The Kier molecular flexibility index (Phi) is 4.96. The van der Waals surface area contributed by atoms with Crippen molar-refractivity contribution in [1.29, 1.82) is 0 Å². The van der Waals surface area contributed by atoms with Crippen LogP contribution >= 0.6 is 0 Å². The minimum absolute atomic E-state index is 0.0303. The lowest BCUT2D eigenvalue weighted by molar-refractivity contribution is -0.132. The summed E-state index contributed by atoms with van der Waals surface area (Å²) in [6.45, 7) is 1.37. The highest BCUT2D eigenvalue weighted by molar-refractivity contribution is 5.99. The number of nitrogens with one attached hydrogen (secondary N) is 1. The Morgan fingerprint density at radius 2 is 1.91 bits per heavy atom. The Labute approximate surface area is 185 Å². The lowest BCUT2D eigenvalue weighted by Crippen LogP contribution is -2.57. The number of hydrogen-bond acceptors (Lipinski definition) is 5. The number of pyridine rings is 1. The molecule has 0 radical (unpaired) electrons. The van der Waals surface area contributed by atoms with E-state index in [0.717, 1.165) is 19.0 Å². The molecule has 2 aromatic rings. The number of ether oxygens (including phenoxy) is 1. The molecule has 1 saturated heterocycles. The van der Waals surface area contributed by atoms with Gasteiger partial charge in [-0.25, -0.2) is 13.2 Å². The SMILES string of the molecule is C[C@@H](NC(=O)c1cn2c(c(O)c1=O)C(=O)N1C3CCC(C3)OC1C2)c1c(F)cc(F)cc1F. The molecule has 1 aromatic heterocycles. The summed E-state index contributed by atoms with van der Waals surface area (Å²) >= 11 is 0. The van der Waals surface area contributed by atoms with E-state index >= 15 is 0 Å². The molecule has 8 nitrogen and oxygen atoms in total. The Morgan fingerprint density at radius 3 is 2.61 bits per heavy atom. The largest absolute Gasteiger partial charge is 0.503 e. The van der Waals surface area contributed by atoms with Gasteiger partial charge in [0.25, 0.3) is 11.8 Å². The van der Waals surface area contributed by atoms with E-state index in [1.165, 1.54) is 11.5 Å². The zero-order chi connectivity index (χ0) is 23.6. The van der Waals surface area contributed by atoms with Gasteiger partial charge in [-0.05, 0) is 26.2 Å². The summed E-state index contributed by atoms with van der Waals surface area (Å²) in [6, 6.07) is -0.325. The maximum absolute atomic E-state index is 14.1. The lowest BCUT2D eigenvalue weighted by atomic mass is 10.0. The normalized spacial score (nSPS) is 24.3. The van der Waals surface area contributed by atoms with Crippen LogP contribution in [-0.4, -0.2) is 44.8 Å². The molecule has 1 aromatic carbocycles. The van der Waals surface area contributed by atoms with Crippen molar-refractivity contribution in [1.82, 2.24) is 14.8 Å². The predicted octanol–water partition coefficient (Wildman–Crippen LogP) is 2.20. The molecule has 0 spiro atoms. The van der Waals surface area contributed by atoms with E-state index in [9.17, 15) is 32.7 Å². The van der Waals surface area contributed by atoms with Crippen LogP contribution in [0.15, 0.2) is 23.1 Å². The van der Waals surface area contributed by atoms with Crippen molar-refractivity contribution in [2.75, 3.05) is 0 Å². The molecule has 2 bridgehead atoms. The van der Waals surface area contributed by atoms with E-state index in [4.69, 9.17) is 4.74 Å². The Morgan fingerprint density at radius 1 is 1.21 bits per heavy atom. The third kappa shape index (κ3) is 3.38. The molecule has 2 aliphatic heterocycles. The van der Waals surface area contributed by atoms with Gasteiger partial charge in [0.1, 0.15) is 23.0 Å². The summed E-state index contributed by atoms with van der Waals surface area (Å²) < 4.78 is 48.5. The predicted molar refractivity (Wildman–Crippen MR) is 107 cm³/mol. The quantitative estimate of drug-likeness (QED) is 0.727. The Balaban J connectivity index is 1.47. The molecule has 1 saturated carbocycles. The highest BCUT2D eigenvalue weighted by atomic mass is 19.1. The minimum atomic E-state index is -1.25. The number of hydrogen-bond donors (Lipinski definition) is 2. The fourth-order valence-corrected chi connectivity index (χ4v) is 5.03. The first kappa shape index (κ1) is 21.5. The first-order chi connectivity index (χ1) is 15.7. The molecule has 11 heteroatoms. The van der Waals surface area contributed by atoms with Crippen molar-refractivity contribution in [3.63, 3.8) is 0 Å². The van der Waals surface area contributed by atoms with Crippen LogP contribution in [0.1, 0.15) is 58.6 Å². The summed E-state index contributed by atoms with van der Waals surface area (Å²) in [6.07, 6.45) is 2.85. The molecule has 3 unspecified atom stereocenters. The number of aromatic nitrogens is 1. The number of nitrogens with zero attached hydrogens (tertiary/aromatic N) is 2. The van der Waals surface area contributed by atoms with Crippen molar-refractivity contribution in [3.8, 4) is 5.75 Å². The summed E-state index contributed by atoms with van der Waals surface area (Å²) in [5.41, 5.74) is -2.40. The number of amides is 2. The molecular formula is C22H20F3N3O5. The molecule has 3 heterocycles. The molecule has 2 amide bonds. The summed E-state index contributed by atoms with van der Waals surface area (Å²) in [7, 11) is 0. The average molecular weight is 463 g/mol. The maximum atomic E-state index is 14.1. The second-order valence-electron chi connectivity index (χ2n) is 8.59. The highest BCUT2D eigenvalue weighted by Crippen LogP contribution is 2.38. The fourth-order valence-electron chi connectivity index (χ4n) is 5.03. The number of rotatable bonds is 3. The van der Waals surface area contributed by atoms with E-state index in [-0.39, 0.29) is 24.4 Å². The number of halogens is 3. The first-order valence-electron chi connectivity index (χ1n) is 10.6. The van der Waals surface area contributed by atoms with Gasteiger partial charge in [-0.2, -0.15) is 0 Å². The third-order valence-electron chi connectivity index (χ3n) is 6.53. The molecule has 2 N–H and O–H groups in total. The number of carbonyl (C=O) groups excluding carboxylic acids is 2. The number of carbonyl (C=O) groups is 2. The Hall–Kier alpha value is -3.34. The number of aromatic hydroxyl groups is 1. The van der Waals surface area contributed by atoms with Crippen LogP contribution < -0.4 is 10.7 Å². The summed E-state index contributed by atoms with van der Waals surface area (Å²) in [5.74, 6) is -5.94. The van der Waals surface area contributed by atoms with Gasteiger partial charge >= 0.3 is 0 Å². The molecule has 33 heavy (non-hydrogen) atoms. The molecule has 174 valence electrons. The number of benzene rings is 1. The molecule has 1 aliphatic carbocycles. The topological polar surface area (TPSA) is 101 Å². The van der Waals surface area contributed by atoms with Gasteiger partial charge in [0.2, 0.25) is 5.43 Å². The van der Waals surface area contributed by atoms with Crippen LogP contribution in [0.5, 0.6) is 5.75 Å². The van der Waals surface area contributed by atoms with Gasteiger partial charge in [-0.15, -0.1) is 0 Å². The highest BCUT2D eigenvalue weighted by Gasteiger charge is 2.47. The van der Waals surface area contributed by atoms with Crippen LogP contribution in [0, 0.1) is 17.5 Å². The molecule has 2 fully saturated rings. The van der Waals surface area contributed by atoms with Gasteiger partial charge in [0.15, 0.2) is 17.7 Å². The maximum Gasteiger partial charge on any atom is 0.276 e. The fraction of sp³-hybridized carbons (Fsp3) is 0.409. The van der Waals surface area contributed by atoms with E-state index in [1.54, 1.807) is 4.90 Å². The summed E-state index contributed by atoms with van der Waals surface area (Å²) in [5, 5.41) is 12.8. The standard InChI is InChI=1S/C22H20F3N3O5/c1-9(17-14(24)4-10(23)5-15(17)25)26-21(31)13-7-27-8-16-28(11-2-3-12(6-11)33-16)22(32)18(27)20(30)19(13)29/h4-5,7,9,11-12,16,30H,2-3,6,8H2,1H3,(H,26,31)/t9-,11?,12?,16?/m1/s1. The zero-order valence-corrected chi connectivity index (χ0v) is 17.5. The monoisotopic (exact) mass is 463 g/mol. The van der Waals surface area contributed by atoms with Gasteiger partial charge in [-0.3, -0.25) is 14.4 Å². The first-order valence-corrected chi connectivity index (χ1v) is 10.6. The smallest absolute Gasteiger partial charge is 0.276 e. The molecule has 4 atom stereocenters. The number of fused-ring (bicyclic) bond motifs is 5. The lowest BCUT2D eigenvalue weighted by Gasteiger charge is -2.44. The molecule has 3 aliphatic rings. The van der Waals surface area contributed by atoms with Crippen LogP contribution in [-0.2, 0) is 11.3 Å². The van der Waals surface area contributed by atoms with Crippen molar-refractivity contribution < 1.29 is 32.6 Å². The third-order valence-corrected chi connectivity index (χ3v) is 6.53. The zero-order valence-electron chi connectivity index (χ0n) is 17.5. The van der Waals surface area contributed by atoms with Gasteiger partial charge in [-0.1, -0.05) is 0 Å². The van der Waals surface area contributed by atoms with Crippen LogP contribution in [0.25, 0.3) is 0 Å². The molecular weight excluding hydrogens is 443 g/mol. The van der Waals surface area contributed by atoms with Crippen LogP contribution in [0.3, 0.4) is 0 Å². The Bertz CT molecular complexity index is 1220. The second kappa shape index (κ2) is 7.62. The van der Waals surface area contributed by atoms with Gasteiger partial charge in [0, 0.05) is 29.9 Å². The van der Waals surface area contributed by atoms with Gasteiger partial charge < -0.3 is 24.6 Å². The second-order valence-corrected chi connectivity index (χ2v) is 8.59. The van der Waals surface area contributed by atoms with E-state index in [2.05, 4.69) is 5.32 Å². The van der Waals surface area contributed by atoms with Crippen molar-refractivity contribution in [2.45, 2.75) is 57.1 Å². The average Bonchev–Trinajstić information content (AvgIpc) is 3.10.